The molecule has 6 heteroatoms. The number of rotatable bonds is 3. The zero-order valence-corrected chi connectivity index (χ0v) is 7.57. The molecule has 0 bridgehead atoms. The van der Waals surface area contributed by atoms with E-state index in [1.54, 1.807) is 6.07 Å². The fourth-order valence-electron chi connectivity index (χ4n) is 1.09. The number of para-hydroxylation sites is 1. The first kappa shape index (κ1) is 9.45. The number of carbonyl (C=O) groups excluding carboxylic acids is 1. The summed E-state index contributed by atoms with van der Waals surface area (Å²) in [5.41, 5.74) is 5.18. The molecule has 0 aliphatic carbocycles. The van der Waals surface area contributed by atoms with Crippen LogP contribution in [0.15, 0.2) is 22.6 Å². The molecule has 0 atom stereocenters. The van der Waals surface area contributed by atoms with Gasteiger partial charge in [0, 0.05) is 0 Å². The average Bonchev–Trinajstić information content (AvgIpc) is 2.59. The maximum atomic E-state index is 13.1. The number of halogens is 1. The van der Waals surface area contributed by atoms with Gasteiger partial charge in [-0.1, -0.05) is 6.07 Å². The highest BCUT2D eigenvalue weighted by molar-refractivity contribution is 5.76. The van der Waals surface area contributed by atoms with Gasteiger partial charge in [0.05, 0.1) is 0 Å². The summed E-state index contributed by atoms with van der Waals surface area (Å²) >= 11 is 0. The molecule has 0 unspecified atom stereocenters. The molecule has 0 saturated carbocycles. The van der Waals surface area contributed by atoms with E-state index in [1.165, 1.54) is 12.1 Å². The Hall–Kier alpha value is -2.11. The first-order valence-electron chi connectivity index (χ1n) is 4.13. The predicted molar refractivity (Wildman–Crippen MR) is 48.7 cm³/mol. The maximum Gasteiger partial charge on any atom is 0.395 e. The van der Waals surface area contributed by atoms with Gasteiger partial charge in [-0.25, -0.2) is 4.39 Å². The molecule has 78 valence electrons. The van der Waals surface area contributed by atoms with Crippen LogP contribution in [0.1, 0.15) is 0 Å². The molecule has 1 aromatic heterocycles. The molecule has 1 heterocycles. The third-order valence-corrected chi connectivity index (χ3v) is 1.69. The lowest BCUT2D eigenvalue weighted by molar-refractivity contribution is -0.120. The number of carbonyl (C=O) groups is 1. The van der Waals surface area contributed by atoms with Crippen molar-refractivity contribution in [3.05, 3.63) is 24.0 Å². The normalized spacial score (nSPS) is 10.5. The summed E-state index contributed by atoms with van der Waals surface area (Å²) in [4.78, 5) is 14.2. The van der Waals surface area contributed by atoms with Crippen LogP contribution in [0.2, 0.25) is 0 Å². The highest BCUT2D eigenvalue weighted by atomic mass is 19.1. The molecule has 2 N–H and O–H groups in total. The molecule has 1 aromatic carbocycles. The van der Waals surface area contributed by atoms with Crippen molar-refractivity contribution >= 4 is 17.0 Å². The van der Waals surface area contributed by atoms with Crippen molar-refractivity contribution in [3.8, 4) is 6.08 Å². The number of nitrogens with zero attached hydrogens (tertiary/aromatic N) is 1. The predicted octanol–water partition coefficient (Wildman–Crippen LogP) is 0.831. The van der Waals surface area contributed by atoms with E-state index in [0.717, 1.165) is 0 Å². The van der Waals surface area contributed by atoms with E-state index in [9.17, 15) is 9.18 Å². The second-order valence-corrected chi connectivity index (χ2v) is 2.82. The van der Waals surface area contributed by atoms with E-state index in [4.69, 9.17) is 14.9 Å². The Labute approximate surface area is 83.6 Å². The minimum atomic E-state index is -0.655. The Morgan fingerprint density at radius 2 is 2.40 bits per heavy atom. The maximum absolute atomic E-state index is 13.1. The number of fused-ring (bicyclic) bond motifs is 1. The number of amides is 1. The summed E-state index contributed by atoms with van der Waals surface area (Å²) < 4.78 is 22.8. The second-order valence-electron chi connectivity index (χ2n) is 2.82. The zero-order valence-electron chi connectivity index (χ0n) is 7.57. The summed E-state index contributed by atoms with van der Waals surface area (Å²) in [6.45, 7) is -0.353. The van der Waals surface area contributed by atoms with Gasteiger partial charge in [0.1, 0.15) is 5.52 Å². The summed E-state index contributed by atoms with van der Waals surface area (Å²) in [5, 5.41) is 0. The van der Waals surface area contributed by atoms with Crippen molar-refractivity contribution in [2.75, 3.05) is 6.61 Å². The van der Waals surface area contributed by atoms with Crippen LogP contribution in [0.4, 0.5) is 4.39 Å². The first-order chi connectivity index (χ1) is 7.16. The Morgan fingerprint density at radius 1 is 1.60 bits per heavy atom. The van der Waals surface area contributed by atoms with Crippen molar-refractivity contribution in [1.82, 2.24) is 4.98 Å². The smallest absolute Gasteiger partial charge is 0.395 e. The molecule has 0 fully saturated rings. The van der Waals surface area contributed by atoms with Gasteiger partial charge < -0.3 is 14.9 Å². The van der Waals surface area contributed by atoms with Crippen molar-refractivity contribution in [2.24, 2.45) is 5.73 Å². The van der Waals surface area contributed by atoms with Crippen LogP contribution in [0.25, 0.3) is 11.1 Å². The summed E-state index contributed by atoms with van der Waals surface area (Å²) in [6, 6.07) is 4.31. The van der Waals surface area contributed by atoms with Gasteiger partial charge in [0.25, 0.3) is 5.91 Å². The van der Waals surface area contributed by atoms with E-state index >= 15 is 0 Å². The van der Waals surface area contributed by atoms with Crippen LogP contribution in [0, 0.1) is 5.82 Å². The van der Waals surface area contributed by atoms with Crippen molar-refractivity contribution in [1.29, 1.82) is 0 Å². The number of nitrogens with two attached hydrogens (primary N) is 1. The SMILES string of the molecule is NC(=O)COc1nc2cccc(F)c2o1. The molecule has 1 amide bonds. The Balaban J connectivity index is 2.31. The standard InChI is InChI=1S/C9H7FN2O3/c10-5-2-1-3-6-8(5)15-9(12-6)14-4-7(11)13/h1-3H,4H2,(H2,11,13). The van der Waals surface area contributed by atoms with E-state index in [0.29, 0.717) is 5.52 Å². The number of benzene rings is 1. The monoisotopic (exact) mass is 210 g/mol. The van der Waals surface area contributed by atoms with Gasteiger partial charge in [-0.05, 0) is 12.1 Å². The molecular formula is C9H7FN2O3. The van der Waals surface area contributed by atoms with Crippen molar-refractivity contribution in [3.63, 3.8) is 0 Å². The molecule has 0 aliphatic rings. The lowest BCUT2D eigenvalue weighted by atomic mass is 10.3. The van der Waals surface area contributed by atoms with Gasteiger partial charge in [0.15, 0.2) is 18.0 Å². The lowest BCUT2D eigenvalue weighted by Crippen LogP contribution is -2.20. The van der Waals surface area contributed by atoms with Crippen LogP contribution in [0.5, 0.6) is 6.08 Å². The fourth-order valence-corrected chi connectivity index (χ4v) is 1.09. The van der Waals surface area contributed by atoms with Crippen LogP contribution in [0.3, 0.4) is 0 Å². The molecule has 0 saturated heterocycles. The van der Waals surface area contributed by atoms with E-state index in [-0.39, 0.29) is 18.3 Å². The molecule has 5 nitrogen and oxygen atoms in total. The lowest BCUT2D eigenvalue weighted by Gasteiger charge is -1.94. The molecule has 15 heavy (non-hydrogen) atoms. The fraction of sp³-hybridized carbons (Fsp3) is 0.111. The number of ether oxygens (including phenoxy) is 1. The molecular weight excluding hydrogens is 203 g/mol. The van der Waals surface area contributed by atoms with Gasteiger partial charge in [-0.2, -0.15) is 4.98 Å². The Bertz CT molecular complexity index is 509. The third-order valence-electron chi connectivity index (χ3n) is 1.69. The number of hydrogen-bond donors (Lipinski definition) is 1. The topological polar surface area (TPSA) is 78.4 Å². The van der Waals surface area contributed by atoms with Gasteiger partial charge in [-0.3, -0.25) is 4.79 Å². The van der Waals surface area contributed by atoms with Crippen molar-refractivity contribution in [2.45, 2.75) is 0 Å². The quantitative estimate of drug-likeness (QED) is 0.813. The molecule has 2 rings (SSSR count). The number of primary amides is 1. The first-order valence-corrected chi connectivity index (χ1v) is 4.13. The Kier molecular flexibility index (Phi) is 2.24. The largest absolute Gasteiger partial charge is 0.440 e. The van der Waals surface area contributed by atoms with Gasteiger partial charge in [0.2, 0.25) is 0 Å². The molecule has 0 aliphatic heterocycles. The summed E-state index contributed by atoms with van der Waals surface area (Å²) in [5.74, 6) is -1.19. The minimum Gasteiger partial charge on any atom is -0.440 e. The number of hydrogen-bond acceptors (Lipinski definition) is 4. The Morgan fingerprint density at radius 3 is 3.07 bits per heavy atom. The number of aromatic nitrogens is 1. The van der Waals surface area contributed by atoms with Gasteiger partial charge in [-0.15, -0.1) is 0 Å². The van der Waals surface area contributed by atoms with Gasteiger partial charge >= 0.3 is 6.08 Å². The minimum absolute atomic E-state index is 0.00281. The summed E-state index contributed by atoms with van der Waals surface area (Å²) in [7, 11) is 0. The molecule has 0 spiro atoms. The zero-order chi connectivity index (χ0) is 10.8. The van der Waals surface area contributed by atoms with E-state index < -0.39 is 11.7 Å². The number of oxazole rings is 1. The highest BCUT2D eigenvalue weighted by Crippen LogP contribution is 2.22. The van der Waals surface area contributed by atoms with Crippen LogP contribution in [-0.2, 0) is 4.79 Å². The second kappa shape index (κ2) is 3.56. The van der Waals surface area contributed by atoms with Crippen molar-refractivity contribution < 1.29 is 18.3 Å². The molecule has 0 radical (unpaired) electrons. The van der Waals surface area contributed by atoms with E-state index in [2.05, 4.69) is 4.98 Å². The highest BCUT2D eigenvalue weighted by Gasteiger charge is 2.10. The third kappa shape index (κ3) is 1.88. The van der Waals surface area contributed by atoms with Crippen LogP contribution in [-0.4, -0.2) is 17.5 Å². The average molecular weight is 210 g/mol. The van der Waals surface area contributed by atoms with E-state index in [1.807, 2.05) is 0 Å². The molecule has 2 aromatic rings. The van der Waals surface area contributed by atoms with Crippen LogP contribution >= 0.6 is 0 Å². The van der Waals surface area contributed by atoms with Crippen LogP contribution < -0.4 is 10.5 Å². The summed E-state index contributed by atoms with van der Waals surface area (Å²) in [6.07, 6.45) is -0.172.